The first-order chi connectivity index (χ1) is 18.8. The molecule has 2 aromatic heterocycles. The molecule has 1 amide bonds. The minimum atomic E-state index is -3.58. The second kappa shape index (κ2) is 12.1. The van der Waals surface area contributed by atoms with E-state index in [0.29, 0.717) is 48.0 Å². The third-order valence-corrected chi connectivity index (χ3v) is 9.75. The highest BCUT2D eigenvalue weighted by atomic mass is 35.5. The topological polar surface area (TPSA) is 114 Å². The van der Waals surface area contributed by atoms with Crippen LogP contribution in [0, 0.1) is 6.92 Å². The third kappa shape index (κ3) is 6.65. The van der Waals surface area contributed by atoms with Crippen molar-refractivity contribution in [3.05, 3.63) is 82.0 Å². The van der Waals surface area contributed by atoms with Crippen molar-refractivity contribution in [2.45, 2.75) is 22.7 Å². The van der Waals surface area contributed by atoms with E-state index in [-0.39, 0.29) is 15.6 Å². The number of aromatic nitrogens is 3. The first kappa shape index (κ1) is 27.7. The van der Waals surface area contributed by atoms with Crippen LogP contribution in [0.5, 0.6) is 0 Å². The fraction of sp³-hybridized carbons (Fsp3) is 0.231. The molecule has 1 N–H and O–H groups in total. The third-order valence-electron chi connectivity index (χ3n) is 5.87. The molecule has 0 atom stereocenters. The Labute approximate surface area is 239 Å². The number of benzene rings is 2. The Hall–Kier alpha value is -2.87. The Morgan fingerprint density at radius 2 is 1.92 bits per heavy atom. The molecule has 39 heavy (non-hydrogen) atoms. The van der Waals surface area contributed by atoms with Crippen LogP contribution in [-0.2, 0) is 20.5 Å². The highest BCUT2D eigenvalue weighted by Crippen LogP contribution is 2.28. The molecule has 2 aromatic carbocycles. The number of anilines is 1. The zero-order valence-electron chi connectivity index (χ0n) is 20.8. The van der Waals surface area contributed by atoms with Crippen LogP contribution in [0.2, 0.25) is 5.02 Å². The molecular formula is C26H24ClN5O4S3. The molecule has 5 rings (SSSR count). The first-order valence-electron chi connectivity index (χ1n) is 12.0. The van der Waals surface area contributed by atoms with Crippen molar-refractivity contribution in [1.82, 2.24) is 19.3 Å². The summed E-state index contributed by atoms with van der Waals surface area (Å²) in [5, 5.41) is 5.48. The minimum Gasteiger partial charge on any atom is -0.379 e. The number of thiazole rings is 1. The molecule has 202 valence electrons. The summed E-state index contributed by atoms with van der Waals surface area (Å²) in [5.74, 6) is 0.167. The lowest BCUT2D eigenvalue weighted by molar-refractivity contribution is 0.0730. The number of morpholine rings is 1. The molecule has 1 fully saturated rings. The molecular weight excluding hydrogens is 578 g/mol. The Balaban J connectivity index is 1.25. The number of sulfonamides is 1. The monoisotopic (exact) mass is 601 g/mol. The van der Waals surface area contributed by atoms with Gasteiger partial charge >= 0.3 is 0 Å². The second-order valence-electron chi connectivity index (χ2n) is 8.66. The molecule has 0 spiro atoms. The fourth-order valence-corrected chi connectivity index (χ4v) is 6.94. The van der Waals surface area contributed by atoms with Crippen molar-refractivity contribution >= 4 is 55.8 Å². The van der Waals surface area contributed by atoms with E-state index in [1.165, 1.54) is 39.2 Å². The summed E-state index contributed by atoms with van der Waals surface area (Å²) in [5.41, 5.74) is 3.69. The average Bonchev–Trinajstić information content (AvgIpc) is 3.41. The summed E-state index contributed by atoms with van der Waals surface area (Å²) < 4.78 is 32.4. The van der Waals surface area contributed by atoms with Gasteiger partial charge in [-0.3, -0.25) is 10.1 Å². The summed E-state index contributed by atoms with van der Waals surface area (Å²) in [4.78, 5) is 26.2. The van der Waals surface area contributed by atoms with E-state index in [0.717, 1.165) is 11.1 Å². The van der Waals surface area contributed by atoms with Gasteiger partial charge in [0.2, 0.25) is 10.0 Å². The molecule has 0 saturated carbocycles. The molecule has 4 aromatic rings. The first-order valence-corrected chi connectivity index (χ1v) is 15.6. The van der Waals surface area contributed by atoms with Crippen molar-refractivity contribution in [3.63, 3.8) is 0 Å². The lowest BCUT2D eigenvalue weighted by Crippen LogP contribution is -2.40. The van der Waals surface area contributed by atoms with Crippen LogP contribution in [-0.4, -0.2) is 59.9 Å². The number of hydrogen-bond acceptors (Lipinski definition) is 9. The van der Waals surface area contributed by atoms with Gasteiger partial charge in [-0.25, -0.2) is 23.4 Å². The molecule has 0 radical (unpaired) electrons. The van der Waals surface area contributed by atoms with Gasteiger partial charge in [0.1, 0.15) is 0 Å². The van der Waals surface area contributed by atoms with Crippen molar-refractivity contribution in [3.8, 4) is 11.3 Å². The molecule has 13 heteroatoms. The number of amides is 1. The molecule has 1 saturated heterocycles. The van der Waals surface area contributed by atoms with Crippen LogP contribution in [0.3, 0.4) is 0 Å². The van der Waals surface area contributed by atoms with E-state index in [2.05, 4.69) is 26.3 Å². The SMILES string of the molecule is Cc1cccc(CSc2ncc(Cl)c(C(=O)Nc3nc(-c4ccc(S(=O)(=O)N5CCOCC5)cc4)cs3)n2)c1. The van der Waals surface area contributed by atoms with Gasteiger partial charge in [-0.05, 0) is 24.6 Å². The standard InChI is InChI=1S/C26H24ClN5O4S3/c1-17-3-2-4-18(13-17)15-37-25-28-14-21(27)23(30-25)24(33)31-26-29-22(16-38-26)19-5-7-20(8-6-19)39(34,35)32-9-11-36-12-10-32/h2-8,13-14,16H,9-12,15H2,1H3,(H,29,31,33). The Morgan fingerprint density at radius 1 is 1.15 bits per heavy atom. The zero-order chi connectivity index (χ0) is 27.4. The molecule has 1 aliphatic heterocycles. The predicted molar refractivity (Wildman–Crippen MR) is 153 cm³/mol. The number of thioether (sulfide) groups is 1. The van der Waals surface area contributed by atoms with Gasteiger partial charge in [-0.15, -0.1) is 11.3 Å². The summed E-state index contributed by atoms with van der Waals surface area (Å²) in [6, 6.07) is 14.7. The van der Waals surface area contributed by atoms with Crippen LogP contribution < -0.4 is 5.32 Å². The van der Waals surface area contributed by atoms with Crippen LogP contribution in [0.25, 0.3) is 11.3 Å². The van der Waals surface area contributed by atoms with Crippen LogP contribution in [0.15, 0.2) is 70.2 Å². The molecule has 3 heterocycles. The average molecular weight is 602 g/mol. The second-order valence-corrected chi connectivity index (χ2v) is 12.8. The molecule has 0 unspecified atom stereocenters. The van der Waals surface area contributed by atoms with Crippen molar-refractivity contribution in [2.24, 2.45) is 0 Å². The van der Waals surface area contributed by atoms with Gasteiger partial charge in [0.05, 0.1) is 35.0 Å². The van der Waals surface area contributed by atoms with Gasteiger partial charge in [0.25, 0.3) is 5.91 Å². The Morgan fingerprint density at radius 3 is 2.67 bits per heavy atom. The number of aryl methyl sites for hydroxylation is 1. The summed E-state index contributed by atoms with van der Waals surface area (Å²) in [7, 11) is -3.58. The lowest BCUT2D eigenvalue weighted by atomic mass is 10.2. The fourth-order valence-electron chi connectivity index (χ4n) is 3.88. The van der Waals surface area contributed by atoms with E-state index in [9.17, 15) is 13.2 Å². The number of hydrogen-bond donors (Lipinski definition) is 1. The van der Waals surface area contributed by atoms with Crippen LogP contribution >= 0.6 is 34.7 Å². The Bertz CT molecular complexity index is 1590. The number of nitrogens with zero attached hydrogens (tertiary/aromatic N) is 4. The molecule has 1 aliphatic rings. The summed E-state index contributed by atoms with van der Waals surface area (Å²) in [6.07, 6.45) is 1.42. The van der Waals surface area contributed by atoms with E-state index < -0.39 is 15.9 Å². The summed E-state index contributed by atoms with van der Waals surface area (Å²) in [6.45, 7) is 3.48. The number of ether oxygens (including phenoxy) is 1. The zero-order valence-corrected chi connectivity index (χ0v) is 24.0. The lowest BCUT2D eigenvalue weighted by Gasteiger charge is -2.26. The highest BCUT2D eigenvalue weighted by Gasteiger charge is 2.26. The number of carbonyl (C=O) groups is 1. The molecule has 0 aliphatic carbocycles. The van der Waals surface area contributed by atoms with Crippen LogP contribution in [0.4, 0.5) is 5.13 Å². The normalized spacial score (nSPS) is 14.3. The van der Waals surface area contributed by atoms with E-state index in [1.54, 1.807) is 29.6 Å². The van der Waals surface area contributed by atoms with Gasteiger partial charge < -0.3 is 4.74 Å². The minimum absolute atomic E-state index is 0.0628. The number of rotatable bonds is 8. The van der Waals surface area contributed by atoms with Crippen molar-refractivity contribution in [2.75, 3.05) is 31.6 Å². The van der Waals surface area contributed by atoms with Crippen molar-refractivity contribution < 1.29 is 17.9 Å². The van der Waals surface area contributed by atoms with E-state index in [1.807, 2.05) is 25.1 Å². The highest BCUT2D eigenvalue weighted by molar-refractivity contribution is 7.98. The number of nitrogens with one attached hydrogen (secondary N) is 1. The smallest absolute Gasteiger partial charge is 0.277 e. The maximum absolute atomic E-state index is 12.9. The molecule has 0 bridgehead atoms. The van der Waals surface area contributed by atoms with E-state index >= 15 is 0 Å². The quantitative estimate of drug-likeness (QED) is 0.218. The maximum Gasteiger partial charge on any atom is 0.277 e. The number of carbonyl (C=O) groups excluding carboxylic acids is 1. The van der Waals surface area contributed by atoms with Crippen LogP contribution in [0.1, 0.15) is 21.6 Å². The largest absolute Gasteiger partial charge is 0.379 e. The van der Waals surface area contributed by atoms with Gasteiger partial charge in [-0.1, -0.05) is 65.3 Å². The predicted octanol–water partition coefficient (Wildman–Crippen LogP) is 5.13. The van der Waals surface area contributed by atoms with Gasteiger partial charge in [0, 0.05) is 29.8 Å². The van der Waals surface area contributed by atoms with E-state index in [4.69, 9.17) is 16.3 Å². The van der Waals surface area contributed by atoms with Gasteiger partial charge in [-0.2, -0.15) is 4.31 Å². The number of halogens is 1. The molecule has 9 nitrogen and oxygen atoms in total. The van der Waals surface area contributed by atoms with Crippen molar-refractivity contribution in [1.29, 1.82) is 0 Å². The van der Waals surface area contributed by atoms with Gasteiger partial charge in [0.15, 0.2) is 16.0 Å². The maximum atomic E-state index is 12.9. The summed E-state index contributed by atoms with van der Waals surface area (Å²) >= 11 is 8.89. The Kier molecular flexibility index (Phi) is 8.60.